The molecule has 2 N–H and O–H groups in total. The zero-order valence-electron chi connectivity index (χ0n) is 29.7. The third kappa shape index (κ3) is 6.37. The molecule has 0 spiro atoms. The van der Waals surface area contributed by atoms with Gasteiger partial charge in [0.25, 0.3) is 10.0 Å². The number of pyridine rings is 1. The van der Waals surface area contributed by atoms with E-state index in [0.717, 1.165) is 23.3 Å². The van der Waals surface area contributed by atoms with E-state index in [4.69, 9.17) is 16.1 Å². The van der Waals surface area contributed by atoms with Gasteiger partial charge in [0.2, 0.25) is 0 Å². The van der Waals surface area contributed by atoms with Crippen LogP contribution >= 0.6 is 0 Å². The van der Waals surface area contributed by atoms with Gasteiger partial charge in [0.05, 0.1) is 15.8 Å². The number of aromatic nitrogens is 6. The van der Waals surface area contributed by atoms with Crippen LogP contribution in [0, 0.1) is 24.0 Å². The van der Waals surface area contributed by atoms with Crippen molar-refractivity contribution in [3.8, 4) is 29.6 Å². The van der Waals surface area contributed by atoms with Gasteiger partial charge in [-0.25, -0.2) is 13.8 Å². The molecule has 0 saturated carbocycles. The monoisotopic (exact) mass is 762 g/mol. The minimum atomic E-state index is -3.88. The third-order valence-electron chi connectivity index (χ3n) is 10.8. The lowest BCUT2D eigenvalue weighted by Gasteiger charge is -2.34. The number of piperazine rings is 1. The van der Waals surface area contributed by atoms with Crippen LogP contribution < -0.4 is 20.3 Å². The van der Waals surface area contributed by atoms with Crippen molar-refractivity contribution in [3.63, 3.8) is 0 Å². The van der Waals surface area contributed by atoms with E-state index < -0.39 is 21.7 Å². The quantitative estimate of drug-likeness (QED) is 0.201. The Balaban J connectivity index is 1.01. The van der Waals surface area contributed by atoms with Gasteiger partial charge >= 0.3 is 6.01 Å². The SMILES string of the molecule is C#Cc1c(F)ccc2cccc(-c3ncc4c(N5C[C@H]6CC[C@@H](C5)N6)nc(OC[C@@H]5C[C@@H](Nc6cccc(S(=O)(=O)n7cncn7)c6)CN5C)nc4c3F)c12. The number of nitrogens with one attached hydrogen (secondary N) is 2. The van der Waals surface area contributed by atoms with Crippen LogP contribution in [0.2, 0.25) is 0 Å². The van der Waals surface area contributed by atoms with Gasteiger partial charge in [-0.05, 0) is 56.0 Å². The number of ether oxygens (including phenoxy) is 1. The third-order valence-corrected chi connectivity index (χ3v) is 12.3. The van der Waals surface area contributed by atoms with Crippen molar-refractivity contribution in [1.29, 1.82) is 0 Å². The lowest BCUT2D eigenvalue weighted by molar-refractivity contribution is 0.188. The van der Waals surface area contributed by atoms with Crippen molar-refractivity contribution in [2.24, 2.45) is 0 Å². The second kappa shape index (κ2) is 13.8. The first kappa shape index (κ1) is 35.0. The molecule has 3 saturated heterocycles. The Morgan fingerprint density at radius 1 is 1.05 bits per heavy atom. The fourth-order valence-corrected chi connectivity index (χ4v) is 9.23. The first-order valence-corrected chi connectivity index (χ1v) is 19.5. The standard InChI is InChI=1S/C39H36F2N10O3S/c1-3-30-33(40)13-10-23-6-4-9-31(34(23)30)36-35(41)37-32(16-43-36)38(50-18-25-11-12-26(19-50)46-25)48-39(47-37)54-20-28-14-27(17-49(28)2)45-24-7-5-8-29(15-24)55(52,53)51-22-42-21-44-51/h1,4-10,13,15-16,21-22,25-28,45-46H,11-12,14,17-20H2,2H3/t25-,26+,27-,28+/m1/s1. The first-order valence-electron chi connectivity index (χ1n) is 18.0. The lowest BCUT2D eigenvalue weighted by Crippen LogP contribution is -2.51. The van der Waals surface area contributed by atoms with E-state index in [0.29, 0.717) is 59.3 Å². The predicted molar refractivity (Wildman–Crippen MR) is 203 cm³/mol. The Morgan fingerprint density at radius 2 is 1.87 bits per heavy atom. The molecule has 3 aromatic carbocycles. The molecule has 3 fully saturated rings. The van der Waals surface area contributed by atoms with Gasteiger partial charge in [-0.1, -0.05) is 36.3 Å². The molecule has 3 aliphatic heterocycles. The number of hydrogen-bond donors (Lipinski definition) is 2. The number of benzene rings is 3. The van der Waals surface area contributed by atoms with Crippen LogP contribution in [0.5, 0.6) is 6.01 Å². The van der Waals surface area contributed by atoms with E-state index in [1.807, 2.05) is 13.1 Å². The molecular formula is C39H36F2N10O3S. The number of likely N-dealkylation sites (N-methyl/N-ethyl adjacent to an activating group) is 1. The van der Waals surface area contributed by atoms with Crippen molar-refractivity contribution >= 4 is 43.2 Å². The van der Waals surface area contributed by atoms with Gasteiger partial charge in [0.1, 0.15) is 42.1 Å². The molecule has 280 valence electrons. The topological polar surface area (TPSA) is 143 Å². The summed E-state index contributed by atoms with van der Waals surface area (Å²) in [4.78, 5) is 22.2. The molecular weight excluding hydrogens is 727 g/mol. The van der Waals surface area contributed by atoms with Crippen LogP contribution in [-0.2, 0) is 10.0 Å². The highest BCUT2D eigenvalue weighted by Crippen LogP contribution is 2.37. The Kier molecular flexibility index (Phi) is 8.79. The Labute approximate surface area is 315 Å². The highest BCUT2D eigenvalue weighted by atomic mass is 32.2. The highest BCUT2D eigenvalue weighted by molar-refractivity contribution is 7.89. The van der Waals surface area contributed by atoms with Gasteiger partial charge in [0, 0.05) is 66.6 Å². The summed E-state index contributed by atoms with van der Waals surface area (Å²) in [6.45, 7) is 2.27. The van der Waals surface area contributed by atoms with E-state index >= 15 is 4.39 Å². The molecule has 3 aliphatic rings. The number of halogens is 2. The number of hydrogen-bond acceptors (Lipinski definition) is 12. The molecule has 16 heteroatoms. The second-order valence-corrected chi connectivity index (χ2v) is 16.1. The molecule has 55 heavy (non-hydrogen) atoms. The van der Waals surface area contributed by atoms with Gasteiger partial charge in [-0.2, -0.15) is 18.4 Å². The van der Waals surface area contributed by atoms with Crippen LogP contribution in [0.25, 0.3) is 32.9 Å². The summed E-state index contributed by atoms with van der Waals surface area (Å²) in [5, 5.41) is 12.4. The highest BCUT2D eigenvalue weighted by Gasteiger charge is 2.35. The van der Waals surface area contributed by atoms with Crippen LogP contribution in [-0.4, -0.2) is 99.9 Å². The molecule has 3 aromatic heterocycles. The van der Waals surface area contributed by atoms with Crippen LogP contribution in [0.3, 0.4) is 0 Å². The summed E-state index contributed by atoms with van der Waals surface area (Å²) < 4.78 is 64.9. The van der Waals surface area contributed by atoms with E-state index in [1.165, 1.54) is 18.5 Å². The smallest absolute Gasteiger partial charge is 0.319 e. The molecule has 2 bridgehead atoms. The number of anilines is 2. The largest absolute Gasteiger partial charge is 0.462 e. The molecule has 0 amide bonds. The molecule has 0 unspecified atom stereocenters. The minimum Gasteiger partial charge on any atom is -0.462 e. The van der Waals surface area contributed by atoms with Crippen molar-refractivity contribution in [1.82, 2.24) is 39.3 Å². The summed E-state index contributed by atoms with van der Waals surface area (Å²) in [6, 6.07) is 15.3. The molecule has 0 aliphatic carbocycles. The summed E-state index contributed by atoms with van der Waals surface area (Å²) in [5.74, 6) is 1.73. The fraction of sp³-hybridized carbons (Fsp3) is 0.308. The van der Waals surface area contributed by atoms with Gasteiger partial charge in [-0.3, -0.25) is 9.88 Å². The van der Waals surface area contributed by atoms with Gasteiger partial charge in [-0.15, -0.1) is 15.6 Å². The maximum absolute atomic E-state index is 16.9. The minimum absolute atomic E-state index is 0.00113. The number of nitrogens with zero attached hydrogens (tertiary/aromatic N) is 8. The molecule has 6 aromatic rings. The van der Waals surface area contributed by atoms with Crippen molar-refractivity contribution in [3.05, 3.63) is 90.6 Å². The number of rotatable bonds is 9. The zero-order chi connectivity index (χ0) is 37.8. The first-order chi connectivity index (χ1) is 26.7. The van der Waals surface area contributed by atoms with Gasteiger partial charge < -0.3 is 20.3 Å². The average Bonchev–Trinajstić information content (AvgIpc) is 3.94. The summed E-state index contributed by atoms with van der Waals surface area (Å²) in [6.07, 6.45) is 12.4. The van der Waals surface area contributed by atoms with Crippen LogP contribution in [0.4, 0.5) is 20.3 Å². The molecule has 0 radical (unpaired) electrons. The maximum atomic E-state index is 16.9. The Bertz CT molecular complexity index is 2590. The van der Waals surface area contributed by atoms with E-state index in [9.17, 15) is 12.8 Å². The lowest BCUT2D eigenvalue weighted by atomic mass is 9.96. The zero-order valence-corrected chi connectivity index (χ0v) is 30.5. The fourth-order valence-electron chi connectivity index (χ4n) is 8.14. The Hall–Kier alpha value is -5.76. The van der Waals surface area contributed by atoms with Crippen molar-refractivity contribution < 1.29 is 21.9 Å². The van der Waals surface area contributed by atoms with E-state index in [-0.39, 0.29) is 58.5 Å². The number of terminal acetylenes is 1. The molecule has 13 nitrogen and oxygen atoms in total. The van der Waals surface area contributed by atoms with Crippen LogP contribution in [0.1, 0.15) is 24.8 Å². The predicted octanol–water partition coefficient (Wildman–Crippen LogP) is 4.44. The van der Waals surface area contributed by atoms with Crippen molar-refractivity contribution in [2.45, 2.75) is 48.3 Å². The molecule has 4 atom stereocenters. The molecule has 6 heterocycles. The van der Waals surface area contributed by atoms with Crippen LogP contribution in [0.15, 0.2) is 78.3 Å². The number of likely N-dealkylation sites (tertiary alicyclic amines) is 1. The summed E-state index contributed by atoms with van der Waals surface area (Å²) in [7, 11) is -1.90. The second-order valence-electron chi connectivity index (χ2n) is 14.3. The van der Waals surface area contributed by atoms with Crippen molar-refractivity contribution in [2.75, 3.05) is 43.5 Å². The maximum Gasteiger partial charge on any atom is 0.319 e. The molecule has 9 rings (SSSR count). The van der Waals surface area contributed by atoms with E-state index in [1.54, 1.807) is 42.6 Å². The van der Waals surface area contributed by atoms with E-state index in [2.05, 4.69) is 46.4 Å². The average molecular weight is 763 g/mol. The normalized spacial score (nSPS) is 21.3. The summed E-state index contributed by atoms with van der Waals surface area (Å²) in [5.41, 5.74) is 1.10. The Morgan fingerprint density at radius 3 is 2.65 bits per heavy atom. The number of fused-ring (bicyclic) bond motifs is 4. The van der Waals surface area contributed by atoms with Gasteiger partial charge in [0.15, 0.2) is 5.82 Å². The summed E-state index contributed by atoms with van der Waals surface area (Å²) >= 11 is 0.